The van der Waals surface area contributed by atoms with E-state index in [1.54, 1.807) is 0 Å². The Balaban J connectivity index is 2.05. The number of rotatable bonds is 9. The number of halogens is 1. The van der Waals surface area contributed by atoms with Gasteiger partial charge >= 0.3 is 0 Å². The summed E-state index contributed by atoms with van der Waals surface area (Å²) in [6.07, 6.45) is 2.99. The van der Waals surface area contributed by atoms with E-state index >= 15 is 0 Å². The lowest BCUT2D eigenvalue weighted by atomic mass is 10.2. The van der Waals surface area contributed by atoms with Gasteiger partial charge in [-0.1, -0.05) is 15.9 Å². The molecule has 1 rings (SSSR count). The zero-order chi connectivity index (χ0) is 13.9. The highest BCUT2D eigenvalue weighted by molar-refractivity contribution is 9.10. The standard InChI is InChI=1S/C14H20BrNO3/c15-12-4-6-13(7-5-12)19-11-8-14(18)16-9-2-1-3-10-17/h4-7,17H,1-3,8-11H2,(H,16,18). The number of carbonyl (C=O) groups excluding carboxylic acids is 1. The van der Waals surface area contributed by atoms with Crippen LogP contribution in [0.1, 0.15) is 25.7 Å². The van der Waals surface area contributed by atoms with E-state index in [1.807, 2.05) is 24.3 Å². The number of amides is 1. The van der Waals surface area contributed by atoms with E-state index in [-0.39, 0.29) is 12.5 Å². The predicted molar refractivity (Wildman–Crippen MR) is 78.2 cm³/mol. The quantitative estimate of drug-likeness (QED) is 0.684. The number of benzene rings is 1. The van der Waals surface area contributed by atoms with Crippen LogP contribution < -0.4 is 10.1 Å². The smallest absolute Gasteiger partial charge is 0.223 e. The Morgan fingerprint density at radius 3 is 2.63 bits per heavy atom. The molecule has 2 N–H and O–H groups in total. The molecule has 1 aromatic carbocycles. The van der Waals surface area contributed by atoms with E-state index in [2.05, 4.69) is 21.2 Å². The van der Waals surface area contributed by atoms with Crippen molar-refractivity contribution >= 4 is 21.8 Å². The highest BCUT2D eigenvalue weighted by atomic mass is 79.9. The molecule has 0 aliphatic carbocycles. The summed E-state index contributed by atoms with van der Waals surface area (Å²) in [5.74, 6) is 0.764. The van der Waals surface area contributed by atoms with Gasteiger partial charge in [0.2, 0.25) is 5.91 Å². The van der Waals surface area contributed by atoms with Crippen molar-refractivity contribution in [3.8, 4) is 5.75 Å². The van der Waals surface area contributed by atoms with E-state index in [9.17, 15) is 4.79 Å². The monoisotopic (exact) mass is 329 g/mol. The first-order valence-electron chi connectivity index (χ1n) is 6.48. The molecule has 0 heterocycles. The van der Waals surface area contributed by atoms with Gasteiger partial charge in [0.05, 0.1) is 13.0 Å². The fraction of sp³-hybridized carbons (Fsp3) is 0.500. The second-order valence-corrected chi connectivity index (χ2v) is 5.10. The largest absolute Gasteiger partial charge is 0.493 e. The van der Waals surface area contributed by atoms with E-state index in [0.29, 0.717) is 19.6 Å². The van der Waals surface area contributed by atoms with Crippen molar-refractivity contribution < 1.29 is 14.6 Å². The Morgan fingerprint density at radius 1 is 1.21 bits per heavy atom. The van der Waals surface area contributed by atoms with Crippen LogP contribution in [0.15, 0.2) is 28.7 Å². The van der Waals surface area contributed by atoms with Crippen LogP contribution in [0, 0.1) is 0 Å². The lowest BCUT2D eigenvalue weighted by molar-refractivity contribution is -0.121. The Bertz CT molecular complexity index is 367. The molecule has 0 aliphatic heterocycles. The number of nitrogens with one attached hydrogen (secondary N) is 1. The topological polar surface area (TPSA) is 58.6 Å². The highest BCUT2D eigenvalue weighted by Crippen LogP contribution is 2.16. The maximum atomic E-state index is 11.5. The molecule has 0 bridgehead atoms. The first-order chi connectivity index (χ1) is 9.22. The van der Waals surface area contributed by atoms with Crippen molar-refractivity contribution in [1.29, 1.82) is 0 Å². The van der Waals surface area contributed by atoms with Gasteiger partial charge in [0.1, 0.15) is 5.75 Å². The highest BCUT2D eigenvalue weighted by Gasteiger charge is 2.01. The van der Waals surface area contributed by atoms with Crippen LogP contribution in [-0.4, -0.2) is 30.8 Å². The molecule has 0 aliphatic rings. The average Bonchev–Trinajstić information content (AvgIpc) is 2.41. The Hall–Kier alpha value is -1.07. The minimum absolute atomic E-state index is 0.00103. The van der Waals surface area contributed by atoms with Gasteiger partial charge in [-0.05, 0) is 43.5 Å². The van der Waals surface area contributed by atoms with Gasteiger partial charge in [-0.3, -0.25) is 4.79 Å². The summed E-state index contributed by atoms with van der Waals surface area (Å²) in [4.78, 5) is 11.5. The average molecular weight is 330 g/mol. The van der Waals surface area contributed by atoms with Crippen molar-refractivity contribution in [2.24, 2.45) is 0 Å². The Kier molecular flexibility index (Phi) is 8.25. The molecule has 0 unspecified atom stereocenters. The van der Waals surface area contributed by atoms with E-state index in [4.69, 9.17) is 9.84 Å². The third-order valence-corrected chi connectivity index (χ3v) is 3.10. The maximum Gasteiger partial charge on any atom is 0.223 e. The van der Waals surface area contributed by atoms with Crippen molar-refractivity contribution in [3.05, 3.63) is 28.7 Å². The lowest BCUT2D eigenvalue weighted by Crippen LogP contribution is -2.25. The van der Waals surface area contributed by atoms with Crippen molar-refractivity contribution in [1.82, 2.24) is 5.32 Å². The number of ether oxygens (including phenoxy) is 1. The van der Waals surface area contributed by atoms with Crippen LogP contribution in [-0.2, 0) is 4.79 Å². The van der Waals surface area contributed by atoms with Gasteiger partial charge in [0, 0.05) is 17.6 Å². The summed E-state index contributed by atoms with van der Waals surface area (Å²) in [6, 6.07) is 7.51. The second-order valence-electron chi connectivity index (χ2n) is 4.19. The number of aliphatic hydroxyl groups excluding tert-OH is 1. The number of unbranched alkanes of at least 4 members (excludes halogenated alkanes) is 2. The summed E-state index contributed by atoms with van der Waals surface area (Å²) in [7, 11) is 0. The van der Waals surface area contributed by atoms with Gasteiger partial charge in [0.25, 0.3) is 0 Å². The SMILES string of the molecule is O=C(CCOc1ccc(Br)cc1)NCCCCCO. The fourth-order valence-corrected chi connectivity index (χ4v) is 1.79. The van der Waals surface area contributed by atoms with E-state index < -0.39 is 0 Å². The van der Waals surface area contributed by atoms with Crippen LogP contribution in [0.4, 0.5) is 0 Å². The molecule has 0 radical (unpaired) electrons. The van der Waals surface area contributed by atoms with Gasteiger partial charge in [-0.2, -0.15) is 0 Å². The molecule has 19 heavy (non-hydrogen) atoms. The van der Waals surface area contributed by atoms with Gasteiger partial charge in [-0.15, -0.1) is 0 Å². The first-order valence-corrected chi connectivity index (χ1v) is 7.27. The summed E-state index contributed by atoms with van der Waals surface area (Å²) >= 11 is 3.35. The van der Waals surface area contributed by atoms with Gasteiger partial charge in [0.15, 0.2) is 0 Å². The number of hydrogen-bond acceptors (Lipinski definition) is 3. The molecule has 0 atom stereocenters. The summed E-state index contributed by atoms with van der Waals surface area (Å²) < 4.78 is 6.46. The second kappa shape index (κ2) is 9.81. The van der Waals surface area contributed by atoms with Crippen LogP contribution in [0.25, 0.3) is 0 Å². The molecule has 0 saturated heterocycles. The summed E-state index contributed by atoms with van der Waals surface area (Å²) in [6.45, 7) is 1.26. The van der Waals surface area contributed by atoms with Crippen molar-refractivity contribution in [2.75, 3.05) is 19.8 Å². The molecule has 5 heteroatoms. The Labute approximate surface area is 122 Å². The number of hydrogen-bond donors (Lipinski definition) is 2. The maximum absolute atomic E-state index is 11.5. The predicted octanol–water partition coefficient (Wildman–Crippen LogP) is 2.50. The fourth-order valence-electron chi connectivity index (χ4n) is 1.52. The van der Waals surface area contributed by atoms with Crippen LogP contribution in [0.3, 0.4) is 0 Å². The van der Waals surface area contributed by atoms with Crippen molar-refractivity contribution in [3.63, 3.8) is 0 Å². The van der Waals surface area contributed by atoms with Gasteiger partial charge in [-0.25, -0.2) is 0 Å². The zero-order valence-corrected chi connectivity index (χ0v) is 12.5. The normalized spacial score (nSPS) is 10.2. The molecular formula is C14H20BrNO3. The third-order valence-electron chi connectivity index (χ3n) is 2.57. The van der Waals surface area contributed by atoms with E-state index in [1.165, 1.54) is 0 Å². The third kappa shape index (κ3) is 7.85. The molecular weight excluding hydrogens is 310 g/mol. The minimum atomic E-state index is 0.00103. The molecule has 106 valence electrons. The molecule has 4 nitrogen and oxygen atoms in total. The van der Waals surface area contributed by atoms with Crippen LogP contribution in [0.2, 0.25) is 0 Å². The van der Waals surface area contributed by atoms with Crippen LogP contribution >= 0.6 is 15.9 Å². The number of carbonyl (C=O) groups is 1. The van der Waals surface area contributed by atoms with Crippen LogP contribution in [0.5, 0.6) is 5.75 Å². The molecule has 1 aromatic rings. The molecule has 1 amide bonds. The lowest BCUT2D eigenvalue weighted by Gasteiger charge is -2.07. The number of aliphatic hydroxyl groups is 1. The summed E-state index contributed by atoms with van der Waals surface area (Å²) in [5.41, 5.74) is 0. The minimum Gasteiger partial charge on any atom is -0.493 e. The molecule has 0 saturated carbocycles. The Morgan fingerprint density at radius 2 is 1.95 bits per heavy atom. The van der Waals surface area contributed by atoms with Crippen molar-refractivity contribution in [2.45, 2.75) is 25.7 Å². The summed E-state index contributed by atoms with van der Waals surface area (Å²) in [5, 5.41) is 11.4. The molecule has 0 spiro atoms. The van der Waals surface area contributed by atoms with Gasteiger partial charge < -0.3 is 15.2 Å². The van der Waals surface area contributed by atoms with E-state index in [0.717, 1.165) is 29.5 Å². The first kappa shape index (κ1) is 16.0. The molecule has 0 fully saturated rings. The zero-order valence-electron chi connectivity index (χ0n) is 10.9. The molecule has 0 aromatic heterocycles.